The standard InChI is InChI=1S/C19H21N3O2S2/c1-4-13(3)20-16(23)11-26-19-21-15-8-9-25-17(15)18(24)22(19)14-7-5-6-12(2)10-14/h5-10,13H,4,11H2,1-3H3,(H,20,23)/t13-/m0/s1. The summed E-state index contributed by atoms with van der Waals surface area (Å²) < 4.78 is 2.23. The fourth-order valence-electron chi connectivity index (χ4n) is 2.53. The number of hydrogen-bond donors (Lipinski definition) is 1. The molecule has 0 saturated heterocycles. The first-order chi connectivity index (χ1) is 12.5. The van der Waals surface area contributed by atoms with E-state index in [1.807, 2.05) is 56.5 Å². The van der Waals surface area contributed by atoms with Gasteiger partial charge in [0.25, 0.3) is 5.56 Å². The molecule has 0 saturated carbocycles. The summed E-state index contributed by atoms with van der Waals surface area (Å²) in [6.45, 7) is 5.98. The van der Waals surface area contributed by atoms with Gasteiger partial charge in [-0.1, -0.05) is 30.8 Å². The van der Waals surface area contributed by atoms with Gasteiger partial charge in [0, 0.05) is 6.04 Å². The van der Waals surface area contributed by atoms with E-state index in [4.69, 9.17) is 0 Å². The third-order valence-electron chi connectivity index (χ3n) is 4.06. The second-order valence-electron chi connectivity index (χ2n) is 6.17. The van der Waals surface area contributed by atoms with Crippen molar-refractivity contribution >= 4 is 39.2 Å². The molecule has 0 aliphatic rings. The van der Waals surface area contributed by atoms with Crippen molar-refractivity contribution in [1.29, 1.82) is 0 Å². The molecule has 1 amide bonds. The van der Waals surface area contributed by atoms with E-state index >= 15 is 0 Å². The summed E-state index contributed by atoms with van der Waals surface area (Å²) in [7, 11) is 0. The summed E-state index contributed by atoms with van der Waals surface area (Å²) in [6.07, 6.45) is 0.878. The van der Waals surface area contributed by atoms with Gasteiger partial charge in [-0.2, -0.15) is 0 Å². The fourth-order valence-corrected chi connectivity index (χ4v) is 4.12. The number of carbonyl (C=O) groups is 1. The average Bonchev–Trinajstić information content (AvgIpc) is 3.08. The molecule has 136 valence electrons. The Morgan fingerprint density at radius 3 is 2.92 bits per heavy atom. The molecule has 26 heavy (non-hydrogen) atoms. The molecule has 1 aromatic carbocycles. The number of nitrogens with zero attached hydrogens (tertiary/aromatic N) is 2. The predicted molar refractivity (Wildman–Crippen MR) is 109 cm³/mol. The summed E-state index contributed by atoms with van der Waals surface area (Å²) in [6, 6.07) is 9.71. The number of hydrogen-bond acceptors (Lipinski definition) is 5. The number of aryl methyl sites for hydroxylation is 1. The summed E-state index contributed by atoms with van der Waals surface area (Å²) in [4.78, 5) is 29.8. The Hall–Kier alpha value is -2.12. The Morgan fingerprint density at radius 1 is 1.38 bits per heavy atom. The Labute approximate surface area is 160 Å². The van der Waals surface area contributed by atoms with Crippen molar-refractivity contribution in [3.63, 3.8) is 0 Å². The quantitative estimate of drug-likeness (QED) is 0.517. The van der Waals surface area contributed by atoms with Gasteiger partial charge in [-0.05, 0) is 49.4 Å². The van der Waals surface area contributed by atoms with Gasteiger partial charge >= 0.3 is 0 Å². The van der Waals surface area contributed by atoms with E-state index in [1.165, 1.54) is 23.1 Å². The van der Waals surface area contributed by atoms with Gasteiger partial charge in [-0.15, -0.1) is 11.3 Å². The van der Waals surface area contributed by atoms with Gasteiger partial charge in [0.2, 0.25) is 5.91 Å². The second kappa shape index (κ2) is 8.05. The topological polar surface area (TPSA) is 64.0 Å². The molecule has 2 aromatic heterocycles. The van der Waals surface area contributed by atoms with Crippen LogP contribution in [0.1, 0.15) is 25.8 Å². The first kappa shape index (κ1) is 18.7. The number of thioether (sulfide) groups is 1. The Balaban J connectivity index is 1.99. The van der Waals surface area contributed by atoms with Crippen molar-refractivity contribution in [3.8, 4) is 5.69 Å². The molecule has 1 N–H and O–H groups in total. The normalized spacial score (nSPS) is 12.3. The largest absolute Gasteiger partial charge is 0.353 e. The van der Waals surface area contributed by atoms with Gasteiger partial charge < -0.3 is 5.32 Å². The van der Waals surface area contributed by atoms with Gasteiger partial charge in [0.05, 0.1) is 17.0 Å². The highest BCUT2D eigenvalue weighted by molar-refractivity contribution is 7.99. The molecule has 0 aliphatic carbocycles. The number of rotatable bonds is 6. The number of nitrogens with one attached hydrogen (secondary N) is 1. The number of carbonyl (C=O) groups excluding carboxylic acids is 1. The predicted octanol–water partition coefficient (Wildman–Crippen LogP) is 3.76. The lowest BCUT2D eigenvalue weighted by molar-refractivity contribution is -0.119. The van der Waals surface area contributed by atoms with Gasteiger partial charge in [-0.25, -0.2) is 4.98 Å². The van der Waals surface area contributed by atoms with Crippen LogP contribution in [-0.4, -0.2) is 27.3 Å². The molecule has 0 bridgehead atoms. The van der Waals surface area contributed by atoms with Crippen LogP contribution in [-0.2, 0) is 4.79 Å². The maximum Gasteiger partial charge on any atom is 0.276 e. The SMILES string of the molecule is CC[C@H](C)NC(=O)CSc1nc2ccsc2c(=O)n1-c1cccc(C)c1. The monoisotopic (exact) mass is 387 g/mol. The molecule has 1 atom stereocenters. The third kappa shape index (κ3) is 3.99. The first-order valence-electron chi connectivity index (χ1n) is 8.49. The van der Waals surface area contributed by atoms with Crippen molar-refractivity contribution in [2.24, 2.45) is 0 Å². The smallest absolute Gasteiger partial charge is 0.276 e. The van der Waals surface area contributed by atoms with E-state index in [0.29, 0.717) is 15.4 Å². The minimum atomic E-state index is -0.0968. The molecule has 0 fully saturated rings. The van der Waals surface area contributed by atoms with E-state index in [9.17, 15) is 9.59 Å². The molecule has 0 radical (unpaired) electrons. The number of aromatic nitrogens is 2. The first-order valence-corrected chi connectivity index (χ1v) is 10.4. The Bertz CT molecular complexity index is 994. The fraction of sp³-hybridized carbons (Fsp3) is 0.316. The average molecular weight is 388 g/mol. The van der Waals surface area contributed by atoms with E-state index < -0.39 is 0 Å². The van der Waals surface area contributed by atoms with Crippen LogP contribution in [0.3, 0.4) is 0 Å². The molecule has 3 rings (SSSR count). The minimum Gasteiger partial charge on any atom is -0.353 e. The zero-order valence-electron chi connectivity index (χ0n) is 15.0. The zero-order chi connectivity index (χ0) is 18.7. The lowest BCUT2D eigenvalue weighted by Gasteiger charge is -2.14. The van der Waals surface area contributed by atoms with Crippen molar-refractivity contribution in [2.45, 2.75) is 38.4 Å². The van der Waals surface area contributed by atoms with Crippen molar-refractivity contribution in [3.05, 3.63) is 51.6 Å². The number of benzene rings is 1. The number of amides is 1. The van der Waals surface area contributed by atoms with Gasteiger partial charge in [0.15, 0.2) is 5.16 Å². The number of fused-ring (bicyclic) bond motifs is 1. The zero-order valence-corrected chi connectivity index (χ0v) is 16.6. The molecule has 0 aliphatic heterocycles. The molecule has 3 aromatic rings. The minimum absolute atomic E-state index is 0.0557. The number of thiophene rings is 1. The van der Waals surface area contributed by atoms with Crippen LogP contribution in [0.15, 0.2) is 45.7 Å². The molecular formula is C19H21N3O2S2. The van der Waals surface area contributed by atoms with E-state index in [-0.39, 0.29) is 23.3 Å². The second-order valence-corrected chi connectivity index (χ2v) is 8.03. The summed E-state index contributed by atoms with van der Waals surface area (Å²) in [5, 5.41) is 5.34. The van der Waals surface area contributed by atoms with Crippen LogP contribution in [0.25, 0.3) is 15.9 Å². The maximum atomic E-state index is 13.0. The molecule has 7 heteroatoms. The van der Waals surface area contributed by atoms with E-state index in [2.05, 4.69) is 10.3 Å². The van der Waals surface area contributed by atoms with E-state index in [1.54, 1.807) is 4.57 Å². The summed E-state index contributed by atoms with van der Waals surface area (Å²) >= 11 is 2.67. The summed E-state index contributed by atoms with van der Waals surface area (Å²) in [5.74, 6) is 0.165. The Kier molecular flexibility index (Phi) is 5.78. The maximum absolute atomic E-state index is 13.0. The molecular weight excluding hydrogens is 366 g/mol. The van der Waals surface area contributed by atoms with Crippen LogP contribution in [0.5, 0.6) is 0 Å². The lowest BCUT2D eigenvalue weighted by atomic mass is 10.2. The van der Waals surface area contributed by atoms with Gasteiger partial charge in [-0.3, -0.25) is 14.2 Å². The Morgan fingerprint density at radius 2 is 2.19 bits per heavy atom. The molecule has 0 unspecified atom stereocenters. The highest BCUT2D eigenvalue weighted by Gasteiger charge is 2.16. The molecule has 2 heterocycles. The third-order valence-corrected chi connectivity index (χ3v) is 5.89. The highest BCUT2D eigenvalue weighted by atomic mass is 32.2. The van der Waals surface area contributed by atoms with Gasteiger partial charge in [0.1, 0.15) is 4.70 Å². The van der Waals surface area contributed by atoms with Crippen LogP contribution in [0.2, 0.25) is 0 Å². The van der Waals surface area contributed by atoms with Crippen LogP contribution < -0.4 is 10.9 Å². The van der Waals surface area contributed by atoms with Crippen molar-refractivity contribution < 1.29 is 4.79 Å². The molecule has 0 spiro atoms. The van der Waals surface area contributed by atoms with Crippen LogP contribution in [0.4, 0.5) is 0 Å². The van der Waals surface area contributed by atoms with E-state index in [0.717, 1.165) is 17.7 Å². The van der Waals surface area contributed by atoms with Crippen LogP contribution >= 0.6 is 23.1 Å². The van der Waals surface area contributed by atoms with Crippen molar-refractivity contribution in [1.82, 2.24) is 14.9 Å². The molecule has 5 nitrogen and oxygen atoms in total. The lowest BCUT2D eigenvalue weighted by Crippen LogP contribution is -2.33. The summed E-state index contributed by atoms with van der Waals surface area (Å²) in [5.41, 5.74) is 2.41. The van der Waals surface area contributed by atoms with Crippen LogP contribution in [0, 0.1) is 6.92 Å². The van der Waals surface area contributed by atoms with Crippen molar-refractivity contribution in [2.75, 3.05) is 5.75 Å². The highest BCUT2D eigenvalue weighted by Crippen LogP contribution is 2.24.